The van der Waals surface area contributed by atoms with Crippen molar-refractivity contribution in [2.45, 2.75) is 18.6 Å². The molecule has 0 unspecified atom stereocenters. The van der Waals surface area contributed by atoms with Gasteiger partial charge in [0.2, 0.25) is 5.91 Å². The number of carbonyl (C=O) groups excluding carboxylic acids is 2. The molecule has 2 saturated heterocycles. The molecule has 0 aromatic heterocycles. The number of aryl methyl sites for hydroxylation is 1. The highest BCUT2D eigenvalue weighted by atomic mass is 19.1. The Bertz CT molecular complexity index is 673. The van der Waals surface area contributed by atoms with E-state index < -0.39 is 5.60 Å². The van der Waals surface area contributed by atoms with Crippen LogP contribution in [0, 0.1) is 12.7 Å². The number of nitrogens with one attached hydrogen (secondary N) is 1. The molecule has 2 aliphatic heterocycles. The molecule has 7 heteroatoms. The number of likely N-dealkylation sites (N-methyl/N-ethyl adjacent to an activating group) is 2. The lowest BCUT2D eigenvalue weighted by molar-refractivity contribution is -0.187. The number of benzene rings is 1. The average Bonchev–Trinajstić information content (AvgIpc) is 2.51. The molecule has 24 heavy (non-hydrogen) atoms. The summed E-state index contributed by atoms with van der Waals surface area (Å²) in [5.74, 6) is -0.527. The Balaban J connectivity index is 1.63. The molecule has 1 aromatic rings. The molecule has 2 aliphatic rings. The molecule has 2 fully saturated rings. The molecule has 0 saturated carbocycles. The van der Waals surface area contributed by atoms with Gasteiger partial charge in [-0.15, -0.1) is 0 Å². The van der Waals surface area contributed by atoms with Crippen LogP contribution < -0.4 is 5.32 Å². The molecule has 1 atom stereocenters. The third-order valence-electron chi connectivity index (χ3n) is 4.83. The van der Waals surface area contributed by atoms with Crippen molar-refractivity contribution in [1.82, 2.24) is 15.1 Å². The summed E-state index contributed by atoms with van der Waals surface area (Å²) in [5.41, 5.74) is 0.726. The molecule has 0 radical (unpaired) electrons. The summed E-state index contributed by atoms with van der Waals surface area (Å²) >= 11 is 0. The van der Waals surface area contributed by atoms with E-state index in [0.29, 0.717) is 37.4 Å². The van der Waals surface area contributed by atoms with Crippen LogP contribution >= 0.6 is 0 Å². The molecule has 6 nitrogen and oxygen atoms in total. The van der Waals surface area contributed by atoms with Crippen LogP contribution in [0.2, 0.25) is 0 Å². The number of likely N-dealkylation sites (tertiary alicyclic amines) is 1. The highest BCUT2D eigenvalue weighted by Crippen LogP contribution is 2.32. The molecular weight excluding hydrogens is 313 g/mol. The number of halogens is 1. The van der Waals surface area contributed by atoms with Gasteiger partial charge in [-0.3, -0.25) is 14.5 Å². The molecule has 3 rings (SSSR count). The lowest BCUT2D eigenvalue weighted by Gasteiger charge is -2.54. The molecule has 1 N–H and O–H groups in total. The lowest BCUT2D eigenvalue weighted by atomic mass is 9.89. The van der Waals surface area contributed by atoms with E-state index in [1.54, 1.807) is 18.9 Å². The summed E-state index contributed by atoms with van der Waals surface area (Å²) in [6.45, 7) is 3.59. The molecule has 1 spiro atoms. The zero-order chi connectivity index (χ0) is 17.5. The van der Waals surface area contributed by atoms with E-state index in [0.717, 1.165) is 0 Å². The zero-order valence-electron chi connectivity index (χ0n) is 14.1. The minimum Gasteiger partial charge on any atom is -0.368 e. The van der Waals surface area contributed by atoms with Crippen molar-refractivity contribution in [3.8, 4) is 0 Å². The van der Waals surface area contributed by atoms with E-state index in [2.05, 4.69) is 5.32 Å². The predicted molar refractivity (Wildman–Crippen MR) is 86.2 cm³/mol. The van der Waals surface area contributed by atoms with Gasteiger partial charge >= 0.3 is 0 Å². The molecular formula is C17H22FN3O3. The second-order valence-electron chi connectivity index (χ2n) is 6.66. The van der Waals surface area contributed by atoms with Crippen LogP contribution in [0.25, 0.3) is 0 Å². The van der Waals surface area contributed by atoms with E-state index in [1.165, 1.54) is 18.2 Å². The predicted octanol–water partition coefficient (Wildman–Crippen LogP) is 0.405. The number of amides is 2. The van der Waals surface area contributed by atoms with Gasteiger partial charge in [0.05, 0.1) is 19.7 Å². The van der Waals surface area contributed by atoms with E-state index in [4.69, 9.17) is 4.74 Å². The van der Waals surface area contributed by atoms with Crippen LogP contribution in [0.15, 0.2) is 18.2 Å². The van der Waals surface area contributed by atoms with Crippen molar-refractivity contribution < 1.29 is 18.7 Å². The Morgan fingerprint density at radius 2 is 2.04 bits per heavy atom. The lowest BCUT2D eigenvalue weighted by Crippen LogP contribution is -2.73. The van der Waals surface area contributed by atoms with Gasteiger partial charge in [-0.2, -0.15) is 0 Å². The second kappa shape index (κ2) is 6.14. The van der Waals surface area contributed by atoms with Crippen molar-refractivity contribution in [2.24, 2.45) is 0 Å². The van der Waals surface area contributed by atoms with E-state index in [-0.39, 0.29) is 23.7 Å². The SMILES string of the molecule is CNC(=O)[C@H]1COC2(CN(C(=O)c3ccc(F)cc3C)C2)CN1C. The summed E-state index contributed by atoms with van der Waals surface area (Å²) in [6, 6.07) is 3.88. The Labute approximate surface area is 140 Å². The number of carbonyl (C=O) groups is 2. The Morgan fingerprint density at radius 1 is 1.33 bits per heavy atom. The normalized spacial score (nSPS) is 23.0. The molecule has 2 amide bonds. The standard InChI is InChI=1S/C17H22FN3O3/c1-11-6-12(18)4-5-13(11)16(23)21-9-17(10-21)8-20(3)14(7-24-17)15(22)19-2/h4-6,14H,7-10H2,1-3H3,(H,19,22)/t14-/m1/s1. The van der Waals surface area contributed by atoms with Gasteiger partial charge < -0.3 is 15.0 Å². The number of nitrogens with zero attached hydrogens (tertiary/aromatic N) is 2. The van der Waals surface area contributed by atoms with Crippen LogP contribution in [0.5, 0.6) is 0 Å². The summed E-state index contributed by atoms with van der Waals surface area (Å²) in [7, 11) is 3.49. The smallest absolute Gasteiger partial charge is 0.254 e. The van der Waals surface area contributed by atoms with Gasteiger partial charge in [0.15, 0.2) is 0 Å². The van der Waals surface area contributed by atoms with Crippen LogP contribution in [-0.2, 0) is 9.53 Å². The third-order valence-corrected chi connectivity index (χ3v) is 4.83. The maximum atomic E-state index is 13.2. The van der Waals surface area contributed by atoms with E-state index in [1.807, 2.05) is 11.9 Å². The van der Waals surface area contributed by atoms with Gasteiger partial charge in [0, 0.05) is 19.2 Å². The van der Waals surface area contributed by atoms with Crippen molar-refractivity contribution in [2.75, 3.05) is 40.3 Å². The van der Waals surface area contributed by atoms with Crippen LogP contribution in [0.1, 0.15) is 15.9 Å². The fourth-order valence-corrected chi connectivity index (χ4v) is 3.46. The first-order valence-electron chi connectivity index (χ1n) is 7.96. The van der Waals surface area contributed by atoms with Crippen molar-refractivity contribution >= 4 is 11.8 Å². The van der Waals surface area contributed by atoms with Crippen molar-refractivity contribution in [3.63, 3.8) is 0 Å². The summed E-state index contributed by atoms with van der Waals surface area (Å²) in [6.07, 6.45) is 0. The van der Waals surface area contributed by atoms with Gasteiger partial charge in [-0.25, -0.2) is 4.39 Å². The maximum absolute atomic E-state index is 13.2. The minimum absolute atomic E-state index is 0.0680. The summed E-state index contributed by atoms with van der Waals surface area (Å²) in [4.78, 5) is 28.0. The number of rotatable bonds is 2. The summed E-state index contributed by atoms with van der Waals surface area (Å²) < 4.78 is 19.1. The topological polar surface area (TPSA) is 61.9 Å². The monoisotopic (exact) mass is 335 g/mol. The van der Waals surface area contributed by atoms with E-state index >= 15 is 0 Å². The number of ether oxygens (including phenoxy) is 1. The fourth-order valence-electron chi connectivity index (χ4n) is 3.46. The van der Waals surface area contributed by atoms with Crippen LogP contribution in [0.4, 0.5) is 4.39 Å². The number of hydrogen-bond acceptors (Lipinski definition) is 4. The fraction of sp³-hybridized carbons (Fsp3) is 0.529. The van der Waals surface area contributed by atoms with Gasteiger partial charge in [0.1, 0.15) is 17.5 Å². The average molecular weight is 335 g/mol. The Hall–Kier alpha value is -1.99. The first-order valence-corrected chi connectivity index (χ1v) is 7.96. The maximum Gasteiger partial charge on any atom is 0.254 e. The third kappa shape index (κ3) is 2.89. The minimum atomic E-state index is -0.414. The second-order valence-corrected chi connectivity index (χ2v) is 6.66. The van der Waals surface area contributed by atoms with E-state index in [9.17, 15) is 14.0 Å². The zero-order valence-corrected chi connectivity index (χ0v) is 14.1. The first kappa shape index (κ1) is 16.9. The largest absolute Gasteiger partial charge is 0.368 e. The highest BCUT2D eigenvalue weighted by molar-refractivity contribution is 5.96. The van der Waals surface area contributed by atoms with Crippen LogP contribution in [-0.4, -0.2) is 73.6 Å². The molecule has 130 valence electrons. The van der Waals surface area contributed by atoms with Crippen molar-refractivity contribution in [1.29, 1.82) is 0 Å². The summed E-state index contributed by atoms with van der Waals surface area (Å²) in [5, 5.41) is 2.63. The first-order chi connectivity index (χ1) is 11.3. The molecule has 0 aliphatic carbocycles. The van der Waals surface area contributed by atoms with Crippen LogP contribution in [0.3, 0.4) is 0 Å². The Kier molecular flexibility index (Phi) is 4.31. The van der Waals surface area contributed by atoms with Gasteiger partial charge in [-0.05, 0) is 37.7 Å². The Morgan fingerprint density at radius 3 is 2.62 bits per heavy atom. The highest BCUT2D eigenvalue weighted by Gasteiger charge is 2.51. The number of hydrogen-bond donors (Lipinski definition) is 1. The number of morpholine rings is 1. The van der Waals surface area contributed by atoms with Gasteiger partial charge in [0.25, 0.3) is 5.91 Å². The van der Waals surface area contributed by atoms with Gasteiger partial charge in [-0.1, -0.05) is 0 Å². The molecule has 2 heterocycles. The quantitative estimate of drug-likeness (QED) is 0.850. The van der Waals surface area contributed by atoms with Crippen molar-refractivity contribution in [3.05, 3.63) is 35.1 Å². The molecule has 1 aromatic carbocycles. The molecule has 0 bridgehead atoms.